The van der Waals surface area contributed by atoms with E-state index < -0.39 is 24.4 Å². The third-order valence-corrected chi connectivity index (χ3v) is 5.51. The maximum Gasteiger partial charge on any atom is 0.475 e. The van der Waals surface area contributed by atoms with Crippen molar-refractivity contribution in [2.75, 3.05) is 13.1 Å². The van der Waals surface area contributed by atoms with Gasteiger partial charge in [-0.05, 0) is 44.2 Å². The Morgan fingerprint density at radius 1 is 1.11 bits per heavy atom. The zero-order valence-electron chi connectivity index (χ0n) is 16.4. The van der Waals surface area contributed by atoms with Gasteiger partial charge in [0.1, 0.15) is 5.41 Å². The minimum atomic E-state index is -1.67. The smallest absolute Gasteiger partial charge is 0.426 e. The second kappa shape index (κ2) is 11.2. The van der Waals surface area contributed by atoms with Crippen molar-refractivity contribution in [3.63, 3.8) is 0 Å². The molecule has 0 saturated heterocycles. The Balaban J connectivity index is 1.96. The van der Waals surface area contributed by atoms with Crippen LogP contribution in [0.1, 0.15) is 50.5 Å². The van der Waals surface area contributed by atoms with E-state index in [1.807, 2.05) is 30.3 Å². The maximum absolute atomic E-state index is 13.0. The molecule has 2 rings (SSSR count). The molecular weight excluding hydrogens is 357 g/mol. The number of hydrogen-bond acceptors (Lipinski definition) is 5. The van der Waals surface area contributed by atoms with E-state index in [2.05, 4.69) is 10.6 Å². The average Bonchev–Trinajstić information content (AvgIpc) is 3.19. The van der Waals surface area contributed by atoms with Gasteiger partial charge in [-0.3, -0.25) is 9.59 Å². The summed E-state index contributed by atoms with van der Waals surface area (Å²) in [6, 6.07) is 9.85. The highest BCUT2D eigenvalue weighted by Crippen LogP contribution is 2.39. The predicted molar refractivity (Wildman–Crippen MR) is 109 cm³/mol. The van der Waals surface area contributed by atoms with Gasteiger partial charge >= 0.3 is 7.12 Å². The predicted octanol–water partition coefficient (Wildman–Crippen LogP) is 0.532. The fraction of sp³-hybridized carbons (Fsp3) is 0.600. The summed E-state index contributed by atoms with van der Waals surface area (Å²) < 4.78 is 0. The standard InChI is InChI=1S/C20H32BN3O4/c22-14-7-4-10-17(21(27)28)24-19(26)20(12-5-6-13-20)18(25)23-15-11-16-8-2-1-3-9-16/h1-3,8-9,17,27-28H,4-7,10-15,22H2,(H,23,25)(H,24,26). The molecule has 0 aliphatic heterocycles. The second-order valence-electron chi connectivity index (χ2n) is 7.56. The van der Waals surface area contributed by atoms with Gasteiger partial charge in [-0.2, -0.15) is 0 Å². The molecule has 1 atom stereocenters. The lowest BCUT2D eigenvalue weighted by Gasteiger charge is -2.29. The number of hydrogen-bond donors (Lipinski definition) is 5. The van der Waals surface area contributed by atoms with Crippen LogP contribution in [-0.4, -0.2) is 48.0 Å². The molecule has 8 heteroatoms. The normalized spacial score (nSPS) is 16.4. The molecule has 0 bridgehead atoms. The molecule has 1 fully saturated rings. The quantitative estimate of drug-likeness (QED) is 0.215. The highest BCUT2D eigenvalue weighted by Gasteiger charge is 2.48. The molecule has 6 N–H and O–H groups in total. The molecule has 1 aliphatic rings. The summed E-state index contributed by atoms with van der Waals surface area (Å²) in [5.74, 6) is -1.48. The van der Waals surface area contributed by atoms with Crippen molar-refractivity contribution in [2.24, 2.45) is 11.1 Å². The van der Waals surface area contributed by atoms with E-state index in [0.29, 0.717) is 45.2 Å². The first kappa shape index (κ1) is 22.4. The topological polar surface area (TPSA) is 125 Å². The highest BCUT2D eigenvalue weighted by atomic mass is 16.4. The van der Waals surface area contributed by atoms with E-state index >= 15 is 0 Å². The van der Waals surface area contributed by atoms with E-state index in [1.54, 1.807) is 0 Å². The summed E-state index contributed by atoms with van der Waals surface area (Å²) in [7, 11) is -1.67. The number of benzene rings is 1. The molecule has 1 aromatic rings. The molecule has 0 spiro atoms. The number of amides is 2. The fourth-order valence-corrected chi connectivity index (χ4v) is 3.78. The van der Waals surface area contributed by atoms with Crippen LogP contribution < -0.4 is 16.4 Å². The summed E-state index contributed by atoms with van der Waals surface area (Å²) in [6.45, 7) is 0.969. The maximum atomic E-state index is 13.0. The lowest BCUT2D eigenvalue weighted by molar-refractivity contribution is -0.143. The third kappa shape index (κ3) is 6.05. The first-order valence-corrected chi connectivity index (χ1v) is 10.2. The Labute approximate surface area is 167 Å². The van der Waals surface area contributed by atoms with E-state index in [9.17, 15) is 19.6 Å². The molecule has 1 aliphatic carbocycles. The Morgan fingerprint density at radius 3 is 2.39 bits per heavy atom. The van der Waals surface area contributed by atoms with Crippen molar-refractivity contribution >= 4 is 18.9 Å². The van der Waals surface area contributed by atoms with Gasteiger partial charge in [0.15, 0.2) is 0 Å². The number of nitrogens with one attached hydrogen (secondary N) is 2. The third-order valence-electron chi connectivity index (χ3n) is 5.51. The molecule has 1 unspecified atom stereocenters. The first-order valence-electron chi connectivity index (χ1n) is 10.2. The number of carbonyl (C=O) groups excluding carboxylic acids is 2. The van der Waals surface area contributed by atoms with Crippen LogP contribution in [-0.2, 0) is 16.0 Å². The van der Waals surface area contributed by atoms with Crippen LogP contribution in [0.25, 0.3) is 0 Å². The molecule has 0 radical (unpaired) electrons. The van der Waals surface area contributed by atoms with Crippen molar-refractivity contribution in [1.29, 1.82) is 0 Å². The molecule has 7 nitrogen and oxygen atoms in total. The Morgan fingerprint density at radius 2 is 1.79 bits per heavy atom. The molecule has 28 heavy (non-hydrogen) atoms. The highest BCUT2D eigenvalue weighted by molar-refractivity contribution is 6.43. The Kier molecular flexibility index (Phi) is 8.95. The van der Waals surface area contributed by atoms with Crippen molar-refractivity contribution < 1.29 is 19.6 Å². The van der Waals surface area contributed by atoms with Crippen molar-refractivity contribution in [3.05, 3.63) is 35.9 Å². The molecular formula is C20H32BN3O4. The first-order chi connectivity index (χ1) is 13.5. The lowest BCUT2D eigenvalue weighted by Crippen LogP contribution is -2.55. The van der Waals surface area contributed by atoms with E-state index in [4.69, 9.17) is 5.73 Å². The zero-order chi connectivity index (χ0) is 20.4. The van der Waals surface area contributed by atoms with Gasteiger partial charge in [-0.1, -0.05) is 49.6 Å². The van der Waals surface area contributed by atoms with Gasteiger partial charge in [-0.25, -0.2) is 0 Å². The van der Waals surface area contributed by atoms with Crippen LogP contribution in [0.3, 0.4) is 0 Å². The minimum Gasteiger partial charge on any atom is -0.426 e. The minimum absolute atomic E-state index is 0.272. The Hall–Kier alpha value is -1.90. The van der Waals surface area contributed by atoms with E-state index in [1.165, 1.54) is 0 Å². The van der Waals surface area contributed by atoms with Crippen molar-refractivity contribution in [2.45, 2.75) is 57.3 Å². The van der Waals surface area contributed by atoms with Gasteiger partial charge < -0.3 is 26.4 Å². The van der Waals surface area contributed by atoms with Crippen LogP contribution in [0.4, 0.5) is 0 Å². The van der Waals surface area contributed by atoms with Gasteiger partial charge in [0.25, 0.3) is 0 Å². The van der Waals surface area contributed by atoms with Crippen LogP contribution >= 0.6 is 0 Å². The monoisotopic (exact) mass is 389 g/mol. The van der Waals surface area contributed by atoms with Crippen LogP contribution in [0.2, 0.25) is 0 Å². The summed E-state index contributed by atoms with van der Waals surface area (Å²) in [6.07, 6.45) is 5.09. The summed E-state index contributed by atoms with van der Waals surface area (Å²) in [5, 5.41) is 24.8. The number of nitrogens with two attached hydrogens (primary N) is 1. The summed E-state index contributed by atoms with van der Waals surface area (Å²) >= 11 is 0. The molecule has 1 saturated carbocycles. The van der Waals surface area contributed by atoms with Gasteiger partial charge in [-0.15, -0.1) is 0 Å². The largest absolute Gasteiger partial charge is 0.475 e. The average molecular weight is 389 g/mol. The molecule has 1 aromatic carbocycles. The van der Waals surface area contributed by atoms with Gasteiger partial charge in [0.2, 0.25) is 11.8 Å². The second-order valence-corrected chi connectivity index (χ2v) is 7.56. The number of rotatable bonds is 11. The molecule has 0 aromatic heterocycles. The molecule has 154 valence electrons. The lowest BCUT2D eigenvalue weighted by atomic mass is 9.75. The molecule has 0 heterocycles. The van der Waals surface area contributed by atoms with Gasteiger partial charge in [0, 0.05) is 6.54 Å². The fourth-order valence-electron chi connectivity index (χ4n) is 3.78. The van der Waals surface area contributed by atoms with Crippen LogP contribution in [0.15, 0.2) is 30.3 Å². The van der Waals surface area contributed by atoms with Crippen LogP contribution in [0.5, 0.6) is 0 Å². The number of unbranched alkanes of at least 4 members (excludes halogenated alkanes) is 1. The van der Waals surface area contributed by atoms with Gasteiger partial charge in [0.05, 0.1) is 5.94 Å². The summed E-state index contributed by atoms with van der Waals surface area (Å²) in [5.41, 5.74) is 5.47. The van der Waals surface area contributed by atoms with Crippen molar-refractivity contribution in [3.8, 4) is 0 Å². The van der Waals surface area contributed by atoms with Crippen molar-refractivity contribution in [1.82, 2.24) is 10.6 Å². The van der Waals surface area contributed by atoms with E-state index in [0.717, 1.165) is 24.8 Å². The zero-order valence-corrected chi connectivity index (χ0v) is 16.4. The summed E-state index contributed by atoms with van der Waals surface area (Å²) in [4.78, 5) is 25.9. The number of carbonyl (C=O) groups is 2. The van der Waals surface area contributed by atoms with E-state index in [-0.39, 0.29) is 5.91 Å². The van der Waals surface area contributed by atoms with Crippen LogP contribution in [0, 0.1) is 5.41 Å². The SMILES string of the molecule is NCCCCC(NC(=O)C1(C(=O)NCCc2ccccc2)CCCC1)B(O)O. The Bertz CT molecular complexity index is 621. The molecule has 2 amide bonds.